The van der Waals surface area contributed by atoms with Crippen molar-refractivity contribution in [3.05, 3.63) is 0 Å². The van der Waals surface area contributed by atoms with Gasteiger partial charge in [0.2, 0.25) is 5.91 Å². The summed E-state index contributed by atoms with van der Waals surface area (Å²) in [6.07, 6.45) is 13.7. The predicted octanol–water partition coefficient (Wildman–Crippen LogP) is 2.59. The number of rotatable bonds is 9. The number of aliphatic imine (C=N–C) groups is 1. The minimum Gasteiger partial charge on any atom is -0.378 e. The fourth-order valence-electron chi connectivity index (χ4n) is 3.86. The third-order valence-electron chi connectivity index (χ3n) is 5.44. The number of guanidine groups is 1. The molecule has 2 aliphatic rings. The molecule has 1 amide bonds. The number of ether oxygens (including phenoxy) is 1. The summed E-state index contributed by atoms with van der Waals surface area (Å²) in [6, 6.07) is 0. The molecule has 0 spiro atoms. The molecule has 2 fully saturated rings. The lowest BCUT2D eigenvalue weighted by atomic mass is 9.89. The van der Waals surface area contributed by atoms with Crippen molar-refractivity contribution in [2.75, 3.05) is 33.3 Å². The number of hydrogen-bond acceptors (Lipinski definition) is 3. The standard InChI is InChI=1S/C20H38N4O2/c1-21-20(23-13-8-16-26-18-11-6-3-7-12-18)24-15-14-22-19(25)17-9-4-2-5-10-17/h17-18H,2-16H2,1H3,(H,22,25)(H2,21,23,24). The highest BCUT2D eigenvalue weighted by Crippen LogP contribution is 2.23. The second-order valence-electron chi connectivity index (χ2n) is 7.54. The second kappa shape index (κ2) is 13.0. The van der Waals surface area contributed by atoms with Gasteiger partial charge in [-0.15, -0.1) is 0 Å². The van der Waals surface area contributed by atoms with Crippen molar-refractivity contribution in [2.24, 2.45) is 10.9 Å². The van der Waals surface area contributed by atoms with Crippen LogP contribution in [0.5, 0.6) is 0 Å². The average Bonchev–Trinajstić information content (AvgIpc) is 2.70. The van der Waals surface area contributed by atoms with Crippen LogP contribution in [0.15, 0.2) is 4.99 Å². The Kier molecular flexibility index (Phi) is 10.5. The van der Waals surface area contributed by atoms with Crippen LogP contribution in [-0.2, 0) is 9.53 Å². The van der Waals surface area contributed by atoms with E-state index in [1.807, 2.05) is 0 Å². The highest BCUT2D eigenvalue weighted by molar-refractivity contribution is 5.80. The zero-order valence-corrected chi connectivity index (χ0v) is 16.5. The lowest BCUT2D eigenvalue weighted by Crippen LogP contribution is -2.43. The van der Waals surface area contributed by atoms with Gasteiger partial charge in [-0.3, -0.25) is 9.79 Å². The Morgan fingerprint density at radius 1 is 0.885 bits per heavy atom. The zero-order chi connectivity index (χ0) is 18.5. The Hall–Kier alpha value is -1.30. The summed E-state index contributed by atoms with van der Waals surface area (Å²) in [7, 11) is 1.77. The highest BCUT2D eigenvalue weighted by atomic mass is 16.5. The molecule has 150 valence electrons. The summed E-state index contributed by atoms with van der Waals surface area (Å²) in [6.45, 7) is 2.99. The molecule has 0 heterocycles. The minimum absolute atomic E-state index is 0.217. The van der Waals surface area contributed by atoms with Gasteiger partial charge in [-0.25, -0.2) is 0 Å². The number of nitrogens with one attached hydrogen (secondary N) is 3. The van der Waals surface area contributed by atoms with E-state index in [-0.39, 0.29) is 11.8 Å². The van der Waals surface area contributed by atoms with Crippen molar-refractivity contribution in [1.82, 2.24) is 16.0 Å². The Bertz CT molecular complexity index is 416. The van der Waals surface area contributed by atoms with Gasteiger partial charge in [0.1, 0.15) is 0 Å². The van der Waals surface area contributed by atoms with Crippen LogP contribution in [0.3, 0.4) is 0 Å². The lowest BCUT2D eigenvalue weighted by Gasteiger charge is -2.22. The Balaban J connectivity index is 1.46. The van der Waals surface area contributed by atoms with Gasteiger partial charge in [-0.2, -0.15) is 0 Å². The van der Waals surface area contributed by atoms with Crippen molar-refractivity contribution >= 4 is 11.9 Å². The summed E-state index contributed by atoms with van der Waals surface area (Å²) in [4.78, 5) is 16.3. The fourth-order valence-corrected chi connectivity index (χ4v) is 3.86. The largest absolute Gasteiger partial charge is 0.378 e. The third-order valence-corrected chi connectivity index (χ3v) is 5.44. The quantitative estimate of drug-likeness (QED) is 0.333. The molecule has 0 aliphatic heterocycles. The van der Waals surface area contributed by atoms with Crippen LogP contribution in [0.4, 0.5) is 0 Å². The molecule has 0 atom stereocenters. The SMILES string of the molecule is CN=C(NCCCOC1CCCCC1)NCCNC(=O)C1CCCCC1. The maximum atomic E-state index is 12.1. The Morgan fingerprint density at radius 3 is 2.19 bits per heavy atom. The van der Waals surface area contributed by atoms with Gasteiger partial charge in [-0.1, -0.05) is 38.5 Å². The van der Waals surface area contributed by atoms with E-state index >= 15 is 0 Å². The molecule has 0 aromatic carbocycles. The predicted molar refractivity (Wildman–Crippen MR) is 106 cm³/mol. The zero-order valence-electron chi connectivity index (χ0n) is 16.5. The molecule has 0 saturated heterocycles. The van der Waals surface area contributed by atoms with Crippen molar-refractivity contribution < 1.29 is 9.53 Å². The summed E-state index contributed by atoms with van der Waals surface area (Å²) in [5.74, 6) is 1.23. The van der Waals surface area contributed by atoms with Gasteiger partial charge in [0.05, 0.1) is 6.10 Å². The first kappa shape index (κ1) is 21.0. The number of carbonyl (C=O) groups excluding carboxylic acids is 1. The van der Waals surface area contributed by atoms with Gasteiger partial charge in [0, 0.05) is 39.2 Å². The van der Waals surface area contributed by atoms with Gasteiger partial charge < -0.3 is 20.7 Å². The van der Waals surface area contributed by atoms with Gasteiger partial charge in [-0.05, 0) is 32.1 Å². The summed E-state index contributed by atoms with van der Waals surface area (Å²) in [5.41, 5.74) is 0. The molecule has 0 unspecified atom stereocenters. The first-order valence-corrected chi connectivity index (χ1v) is 10.6. The topological polar surface area (TPSA) is 74.8 Å². The molecular formula is C20H38N4O2. The van der Waals surface area contributed by atoms with Gasteiger partial charge in [0.15, 0.2) is 5.96 Å². The molecule has 3 N–H and O–H groups in total. The molecule has 0 aromatic rings. The molecular weight excluding hydrogens is 328 g/mol. The summed E-state index contributed by atoms with van der Waals surface area (Å²) < 4.78 is 5.93. The number of carbonyl (C=O) groups is 1. The summed E-state index contributed by atoms with van der Waals surface area (Å²) in [5, 5.41) is 9.60. The molecule has 2 rings (SSSR count). The van der Waals surface area contributed by atoms with E-state index in [1.54, 1.807) is 7.05 Å². The van der Waals surface area contributed by atoms with E-state index in [2.05, 4.69) is 20.9 Å². The van der Waals surface area contributed by atoms with E-state index in [0.717, 1.165) is 38.4 Å². The van der Waals surface area contributed by atoms with Crippen molar-refractivity contribution in [2.45, 2.75) is 76.7 Å². The molecule has 0 radical (unpaired) electrons. The lowest BCUT2D eigenvalue weighted by molar-refractivity contribution is -0.125. The maximum Gasteiger partial charge on any atom is 0.223 e. The average molecular weight is 367 g/mol. The molecule has 26 heavy (non-hydrogen) atoms. The van der Waals surface area contributed by atoms with Crippen LogP contribution in [0.1, 0.15) is 70.6 Å². The Morgan fingerprint density at radius 2 is 1.50 bits per heavy atom. The van der Waals surface area contributed by atoms with Crippen LogP contribution in [0.25, 0.3) is 0 Å². The Labute approximate surface area is 158 Å². The van der Waals surface area contributed by atoms with Crippen LogP contribution >= 0.6 is 0 Å². The minimum atomic E-state index is 0.217. The van der Waals surface area contributed by atoms with E-state index in [1.165, 1.54) is 51.4 Å². The number of hydrogen-bond donors (Lipinski definition) is 3. The van der Waals surface area contributed by atoms with Crippen LogP contribution in [0.2, 0.25) is 0 Å². The molecule has 6 nitrogen and oxygen atoms in total. The van der Waals surface area contributed by atoms with Crippen LogP contribution in [-0.4, -0.2) is 51.3 Å². The molecule has 2 aliphatic carbocycles. The first-order chi connectivity index (χ1) is 12.8. The normalized spacial score (nSPS) is 20.0. The smallest absolute Gasteiger partial charge is 0.223 e. The van der Waals surface area contributed by atoms with Gasteiger partial charge in [0.25, 0.3) is 0 Å². The van der Waals surface area contributed by atoms with Crippen molar-refractivity contribution in [3.8, 4) is 0 Å². The van der Waals surface area contributed by atoms with E-state index in [9.17, 15) is 4.79 Å². The molecule has 6 heteroatoms. The number of nitrogens with zero attached hydrogens (tertiary/aromatic N) is 1. The second-order valence-corrected chi connectivity index (χ2v) is 7.54. The van der Waals surface area contributed by atoms with Crippen molar-refractivity contribution in [3.63, 3.8) is 0 Å². The van der Waals surface area contributed by atoms with Crippen LogP contribution in [0, 0.1) is 5.92 Å². The molecule has 0 bridgehead atoms. The maximum absolute atomic E-state index is 12.1. The highest BCUT2D eigenvalue weighted by Gasteiger charge is 2.20. The van der Waals surface area contributed by atoms with Crippen LogP contribution < -0.4 is 16.0 Å². The first-order valence-electron chi connectivity index (χ1n) is 10.6. The van der Waals surface area contributed by atoms with E-state index in [4.69, 9.17) is 4.74 Å². The molecule has 0 aromatic heterocycles. The summed E-state index contributed by atoms with van der Waals surface area (Å²) >= 11 is 0. The fraction of sp³-hybridized carbons (Fsp3) is 0.900. The monoisotopic (exact) mass is 366 g/mol. The van der Waals surface area contributed by atoms with Crippen molar-refractivity contribution in [1.29, 1.82) is 0 Å². The third kappa shape index (κ3) is 8.39. The molecule has 2 saturated carbocycles. The van der Waals surface area contributed by atoms with Gasteiger partial charge >= 0.3 is 0 Å². The van der Waals surface area contributed by atoms with E-state index < -0.39 is 0 Å². The van der Waals surface area contributed by atoms with E-state index in [0.29, 0.717) is 19.2 Å². The number of amides is 1.